The van der Waals surface area contributed by atoms with E-state index in [1.54, 1.807) is 14.2 Å². The zero-order chi connectivity index (χ0) is 22.9. The van der Waals surface area contributed by atoms with E-state index in [9.17, 15) is 0 Å². The molecule has 1 aliphatic heterocycles. The van der Waals surface area contributed by atoms with E-state index in [1.165, 1.54) is 18.4 Å². The molecule has 0 bridgehead atoms. The molecule has 2 atom stereocenters. The fourth-order valence-corrected chi connectivity index (χ4v) is 4.73. The molecule has 1 aliphatic rings. The summed E-state index contributed by atoms with van der Waals surface area (Å²) < 4.78 is 10.9. The molecule has 184 valence electrons. The summed E-state index contributed by atoms with van der Waals surface area (Å²) in [6.45, 7) is 6.92. The average molecular weight is 570 g/mol. The molecule has 2 unspecified atom stereocenters. The van der Waals surface area contributed by atoms with E-state index in [0.717, 1.165) is 49.1 Å². The highest BCUT2D eigenvalue weighted by atomic mass is 127. The van der Waals surface area contributed by atoms with Crippen molar-refractivity contribution < 1.29 is 9.26 Å². The maximum absolute atomic E-state index is 5.53. The van der Waals surface area contributed by atoms with Gasteiger partial charge in [-0.3, -0.25) is 9.89 Å². The van der Waals surface area contributed by atoms with Crippen molar-refractivity contribution in [3.8, 4) is 5.75 Å². The Kier molecular flexibility index (Phi) is 11.5. The van der Waals surface area contributed by atoms with E-state index in [4.69, 9.17) is 9.26 Å². The lowest BCUT2D eigenvalue weighted by atomic mass is 9.85. The molecule has 8 heteroatoms. The number of halogens is 1. The zero-order valence-electron chi connectivity index (χ0n) is 20.6. The fourth-order valence-electron chi connectivity index (χ4n) is 4.73. The van der Waals surface area contributed by atoms with Crippen LogP contribution in [0.3, 0.4) is 0 Å². The van der Waals surface area contributed by atoms with Gasteiger partial charge in [-0.2, -0.15) is 0 Å². The number of methoxy groups -OCH3 is 1. The highest BCUT2D eigenvalue weighted by Gasteiger charge is 2.30. The van der Waals surface area contributed by atoms with Crippen LogP contribution < -0.4 is 15.4 Å². The molecule has 2 aromatic rings. The molecular formula is C25H40IN5O2. The molecule has 1 aromatic heterocycles. The molecule has 0 saturated carbocycles. The van der Waals surface area contributed by atoms with Crippen LogP contribution in [0, 0.1) is 5.92 Å². The van der Waals surface area contributed by atoms with Gasteiger partial charge in [-0.15, -0.1) is 24.0 Å². The number of likely N-dealkylation sites (tertiary alicyclic amines) is 1. The van der Waals surface area contributed by atoms with E-state index in [2.05, 4.69) is 76.9 Å². The van der Waals surface area contributed by atoms with Crippen molar-refractivity contribution in [3.05, 3.63) is 47.3 Å². The Morgan fingerprint density at radius 2 is 1.97 bits per heavy atom. The van der Waals surface area contributed by atoms with Crippen LogP contribution in [0.5, 0.6) is 5.75 Å². The Labute approximate surface area is 215 Å². The summed E-state index contributed by atoms with van der Waals surface area (Å²) in [5, 5.41) is 11.2. The highest BCUT2D eigenvalue weighted by Crippen LogP contribution is 2.35. The molecule has 0 spiro atoms. The van der Waals surface area contributed by atoms with E-state index < -0.39 is 0 Å². The molecule has 1 fully saturated rings. The molecule has 0 radical (unpaired) electrons. The Morgan fingerprint density at radius 1 is 1.24 bits per heavy atom. The van der Waals surface area contributed by atoms with Gasteiger partial charge in [0, 0.05) is 31.6 Å². The first kappa shape index (κ1) is 27.4. The molecular weight excluding hydrogens is 529 g/mol. The Hall–Kier alpha value is -1.81. The molecule has 1 saturated heterocycles. The van der Waals surface area contributed by atoms with Crippen LogP contribution in [0.25, 0.3) is 0 Å². The van der Waals surface area contributed by atoms with Gasteiger partial charge in [0.15, 0.2) is 11.7 Å². The average Bonchev–Trinajstić information content (AvgIpc) is 3.29. The number of aliphatic imine (C=N–C) groups is 1. The van der Waals surface area contributed by atoms with Crippen molar-refractivity contribution in [1.29, 1.82) is 0 Å². The number of benzene rings is 1. The number of guanidine groups is 1. The minimum absolute atomic E-state index is 0. The third-order valence-electron chi connectivity index (χ3n) is 6.63. The Balaban J connectivity index is 0.00000385. The largest absolute Gasteiger partial charge is 0.497 e. The Bertz CT molecular complexity index is 851. The highest BCUT2D eigenvalue weighted by molar-refractivity contribution is 14.0. The second kappa shape index (κ2) is 13.8. The minimum atomic E-state index is 0. The summed E-state index contributed by atoms with van der Waals surface area (Å²) in [6.07, 6.45) is 4.54. The molecule has 2 N–H and O–H groups in total. The van der Waals surface area contributed by atoms with Gasteiger partial charge in [0.1, 0.15) is 5.75 Å². The van der Waals surface area contributed by atoms with Gasteiger partial charge < -0.3 is 19.9 Å². The number of hydrogen-bond donors (Lipinski definition) is 2. The van der Waals surface area contributed by atoms with Crippen LogP contribution in [-0.4, -0.2) is 50.3 Å². The molecule has 7 nitrogen and oxygen atoms in total. The van der Waals surface area contributed by atoms with Crippen molar-refractivity contribution in [2.75, 3.05) is 34.3 Å². The third kappa shape index (κ3) is 7.34. The maximum atomic E-state index is 5.53. The monoisotopic (exact) mass is 569 g/mol. The number of aromatic nitrogens is 1. The summed E-state index contributed by atoms with van der Waals surface area (Å²) in [4.78, 5) is 6.86. The molecule has 2 heterocycles. The second-order valence-corrected chi connectivity index (χ2v) is 8.64. The molecule has 3 rings (SSSR count). The number of hydrogen-bond acceptors (Lipinski definition) is 5. The van der Waals surface area contributed by atoms with E-state index in [-0.39, 0.29) is 24.0 Å². The van der Waals surface area contributed by atoms with Crippen molar-refractivity contribution in [2.24, 2.45) is 10.9 Å². The first-order chi connectivity index (χ1) is 15.6. The number of rotatable bonds is 9. The third-order valence-corrected chi connectivity index (χ3v) is 6.63. The predicted octanol–water partition coefficient (Wildman–Crippen LogP) is 4.95. The number of ether oxygens (including phenoxy) is 1. The van der Waals surface area contributed by atoms with Gasteiger partial charge in [0.25, 0.3) is 0 Å². The van der Waals surface area contributed by atoms with Crippen LogP contribution in [0.2, 0.25) is 0 Å². The summed E-state index contributed by atoms with van der Waals surface area (Å²) in [6, 6.07) is 10.9. The topological polar surface area (TPSA) is 74.9 Å². The smallest absolute Gasteiger partial charge is 0.191 e. The van der Waals surface area contributed by atoms with Crippen molar-refractivity contribution in [3.63, 3.8) is 0 Å². The van der Waals surface area contributed by atoms with Crippen LogP contribution in [0.1, 0.15) is 68.5 Å². The van der Waals surface area contributed by atoms with Gasteiger partial charge in [-0.1, -0.05) is 31.1 Å². The van der Waals surface area contributed by atoms with Crippen LogP contribution in [0.4, 0.5) is 0 Å². The Morgan fingerprint density at radius 3 is 2.61 bits per heavy atom. The fraction of sp³-hybridized carbons (Fsp3) is 0.600. The van der Waals surface area contributed by atoms with Gasteiger partial charge in [0.05, 0.1) is 19.3 Å². The normalized spacial score (nSPS) is 19.3. The van der Waals surface area contributed by atoms with Crippen LogP contribution in [0.15, 0.2) is 39.8 Å². The lowest BCUT2D eigenvalue weighted by molar-refractivity contribution is 0.122. The van der Waals surface area contributed by atoms with E-state index in [0.29, 0.717) is 24.4 Å². The first-order valence-corrected chi connectivity index (χ1v) is 11.8. The van der Waals surface area contributed by atoms with Gasteiger partial charge in [-0.05, 0) is 62.9 Å². The summed E-state index contributed by atoms with van der Waals surface area (Å²) in [5.41, 5.74) is 2.38. The summed E-state index contributed by atoms with van der Waals surface area (Å²) in [7, 11) is 5.73. The lowest BCUT2D eigenvalue weighted by Crippen LogP contribution is -2.44. The number of piperidine rings is 1. The van der Waals surface area contributed by atoms with Crippen LogP contribution in [-0.2, 0) is 6.54 Å². The van der Waals surface area contributed by atoms with Crippen molar-refractivity contribution >= 4 is 29.9 Å². The number of nitrogens with one attached hydrogen (secondary N) is 2. The number of nitrogens with zero attached hydrogens (tertiary/aromatic N) is 3. The quantitative estimate of drug-likeness (QED) is 0.253. The first-order valence-electron chi connectivity index (χ1n) is 11.8. The van der Waals surface area contributed by atoms with Crippen LogP contribution >= 0.6 is 24.0 Å². The van der Waals surface area contributed by atoms with E-state index >= 15 is 0 Å². The maximum Gasteiger partial charge on any atom is 0.191 e. The molecule has 0 aliphatic carbocycles. The van der Waals surface area contributed by atoms with Gasteiger partial charge in [0.2, 0.25) is 0 Å². The molecule has 1 aromatic carbocycles. The zero-order valence-corrected chi connectivity index (χ0v) is 23.0. The molecule has 0 amide bonds. The SMILES string of the molecule is CCC(CC)c1cc(CNC(=NC)NCC2CCCN(C)C2c2ccc(OC)cc2)on1.I. The summed E-state index contributed by atoms with van der Waals surface area (Å²) >= 11 is 0. The summed E-state index contributed by atoms with van der Waals surface area (Å²) in [5.74, 6) is 3.47. The van der Waals surface area contributed by atoms with E-state index in [1.807, 2.05) is 0 Å². The second-order valence-electron chi connectivity index (χ2n) is 8.64. The predicted molar refractivity (Wildman–Crippen MR) is 145 cm³/mol. The van der Waals surface area contributed by atoms with Gasteiger partial charge in [-0.25, -0.2) is 0 Å². The van der Waals surface area contributed by atoms with Crippen molar-refractivity contribution in [2.45, 2.75) is 58.0 Å². The lowest BCUT2D eigenvalue weighted by Gasteiger charge is -2.40. The van der Waals surface area contributed by atoms with Gasteiger partial charge >= 0.3 is 0 Å². The standard InChI is InChI=1S/C25H39N5O2.HI/c1-6-18(7-2)23-15-22(32-29-23)17-28-25(26-3)27-16-20-9-8-14-30(4)24(20)19-10-12-21(31-5)13-11-19;/h10-13,15,18,20,24H,6-9,14,16-17H2,1-5H3,(H2,26,27,28);1H. The minimum Gasteiger partial charge on any atom is -0.497 e. The van der Waals surface area contributed by atoms with Crippen molar-refractivity contribution in [1.82, 2.24) is 20.7 Å². The molecule has 33 heavy (non-hydrogen) atoms.